The molecular formula is C20H21F2NO3. The Labute approximate surface area is 151 Å². The first-order valence-corrected chi connectivity index (χ1v) is 8.59. The van der Waals surface area contributed by atoms with Crippen LogP contribution in [0.25, 0.3) is 0 Å². The molecule has 4 nitrogen and oxygen atoms in total. The number of methoxy groups -OCH3 is 1. The number of halogens is 2. The molecule has 3 rings (SSSR count). The van der Waals surface area contributed by atoms with E-state index in [2.05, 4.69) is 0 Å². The molecule has 138 valence electrons. The van der Waals surface area contributed by atoms with Crippen molar-refractivity contribution in [3.63, 3.8) is 0 Å². The number of hydrogen-bond acceptors (Lipinski definition) is 3. The molecule has 1 amide bonds. The molecule has 0 aromatic heterocycles. The molecule has 6 heteroatoms. The molecule has 0 unspecified atom stereocenters. The Kier molecular flexibility index (Phi) is 5.40. The SMILES string of the molecule is CCOc1cc(C(=O)N(Cc2ccc(F)cc2F)C2CC2)ccc1OC. The first-order valence-electron chi connectivity index (χ1n) is 8.59. The number of nitrogens with zero attached hydrogens (tertiary/aromatic N) is 1. The molecular weight excluding hydrogens is 340 g/mol. The maximum atomic E-state index is 14.0. The van der Waals surface area contributed by atoms with E-state index in [-0.39, 0.29) is 18.5 Å². The largest absolute Gasteiger partial charge is 0.493 e. The summed E-state index contributed by atoms with van der Waals surface area (Å²) in [6, 6.07) is 8.49. The molecule has 0 aliphatic heterocycles. The Bertz CT molecular complexity index is 806. The van der Waals surface area contributed by atoms with Crippen LogP contribution < -0.4 is 9.47 Å². The van der Waals surface area contributed by atoms with Crippen LogP contribution >= 0.6 is 0 Å². The van der Waals surface area contributed by atoms with Gasteiger partial charge in [0.15, 0.2) is 11.5 Å². The van der Waals surface area contributed by atoms with Crippen molar-refractivity contribution in [2.75, 3.05) is 13.7 Å². The van der Waals surface area contributed by atoms with Gasteiger partial charge in [-0.3, -0.25) is 4.79 Å². The topological polar surface area (TPSA) is 38.8 Å². The third-order valence-corrected chi connectivity index (χ3v) is 4.31. The number of amides is 1. The number of carbonyl (C=O) groups excluding carboxylic acids is 1. The molecule has 26 heavy (non-hydrogen) atoms. The van der Waals surface area contributed by atoms with Gasteiger partial charge in [0.05, 0.1) is 13.7 Å². The van der Waals surface area contributed by atoms with E-state index in [4.69, 9.17) is 9.47 Å². The Morgan fingerprint density at radius 2 is 1.92 bits per heavy atom. The summed E-state index contributed by atoms with van der Waals surface area (Å²) in [5.74, 6) is -0.449. The highest BCUT2D eigenvalue weighted by atomic mass is 19.1. The Morgan fingerprint density at radius 1 is 1.15 bits per heavy atom. The zero-order valence-corrected chi connectivity index (χ0v) is 14.8. The normalized spacial score (nSPS) is 13.4. The standard InChI is InChI=1S/C20H21F2NO3/c1-3-26-19-10-13(5-9-18(19)25-2)20(24)23(16-7-8-16)12-14-4-6-15(21)11-17(14)22/h4-6,9-11,16H,3,7-8,12H2,1-2H3. The number of ether oxygens (including phenoxy) is 2. The van der Waals surface area contributed by atoms with Crippen LogP contribution in [0.2, 0.25) is 0 Å². The van der Waals surface area contributed by atoms with E-state index in [9.17, 15) is 13.6 Å². The first-order chi connectivity index (χ1) is 12.5. The molecule has 0 bridgehead atoms. The van der Waals surface area contributed by atoms with Gasteiger partial charge in [-0.25, -0.2) is 8.78 Å². The fourth-order valence-electron chi connectivity index (χ4n) is 2.83. The van der Waals surface area contributed by atoms with E-state index in [1.165, 1.54) is 19.2 Å². The summed E-state index contributed by atoms with van der Waals surface area (Å²) in [4.78, 5) is 14.6. The van der Waals surface area contributed by atoms with Crippen molar-refractivity contribution in [1.82, 2.24) is 4.90 Å². The highest BCUT2D eigenvalue weighted by Gasteiger charge is 2.34. The summed E-state index contributed by atoms with van der Waals surface area (Å²) in [5.41, 5.74) is 0.744. The van der Waals surface area contributed by atoms with Crippen molar-refractivity contribution in [2.24, 2.45) is 0 Å². The van der Waals surface area contributed by atoms with Crippen LogP contribution in [0.5, 0.6) is 11.5 Å². The van der Waals surface area contributed by atoms with Crippen LogP contribution in [0.4, 0.5) is 8.78 Å². The van der Waals surface area contributed by atoms with Gasteiger partial charge in [-0.1, -0.05) is 6.07 Å². The molecule has 1 aliphatic rings. The molecule has 0 radical (unpaired) electrons. The summed E-state index contributed by atoms with van der Waals surface area (Å²) in [5, 5.41) is 0. The van der Waals surface area contributed by atoms with Crippen molar-refractivity contribution >= 4 is 5.91 Å². The van der Waals surface area contributed by atoms with Gasteiger partial charge < -0.3 is 14.4 Å². The number of hydrogen-bond donors (Lipinski definition) is 0. The summed E-state index contributed by atoms with van der Waals surface area (Å²) < 4.78 is 37.9. The molecule has 0 spiro atoms. The van der Waals surface area contributed by atoms with E-state index in [1.807, 2.05) is 6.92 Å². The molecule has 1 aliphatic carbocycles. The molecule has 0 atom stereocenters. The Balaban J connectivity index is 1.86. The summed E-state index contributed by atoms with van der Waals surface area (Å²) in [7, 11) is 1.53. The lowest BCUT2D eigenvalue weighted by atomic mass is 10.1. The van der Waals surface area contributed by atoms with Crippen LogP contribution in [-0.2, 0) is 6.54 Å². The van der Waals surface area contributed by atoms with Gasteiger partial charge in [0.25, 0.3) is 5.91 Å². The van der Waals surface area contributed by atoms with E-state index in [0.29, 0.717) is 29.2 Å². The Morgan fingerprint density at radius 3 is 2.54 bits per heavy atom. The van der Waals surface area contributed by atoms with Crippen LogP contribution in [0, 0.1) is 11.6 Å². The maximum absolute atomic E-state index is 14.0. The second-order valence-corrected chi connectivity index (χ2v) is 6.20. The molecule has 1 fully saturated rings. The molecule has 0 N–H and O–H groups in total. The molecule has 0 saturated heterocycles. The van der Waals surface area contributed by atoms with Crippen molar-refractivity contribution in [3.8, 4) is 11.5 Å². The van der Waals surface area contributed by atoms with Gasteiger partial charge in [0, 0.05) is 29.8 Å². The van der Waals surface area contributed by atoms with Crippen molar-refractivity contribution in [3.05, 3.63) is 59.2 Å². The van der Waals surface area contributed by atoms with Gasteiger partial charge >= 0.3 is 0 Å². The lowest BCUT2D eigenvalue weighted by Crippen LogP contribution is -2.33. The van der Waals surface area contributed by atoms with Gasteiger partial charge in [0.2, 0.25) is 0 Å². The Hall–Kier alpha value is -2.63. The van der Waals surface area contributed by atoms with Crippen LogP contribution in [0.3, 0.4) is 0 Å². The third-order valence-electron chi connectivity index (χ3n) is 4.31. The highest BCUT2D eigenvalue weighted by Crippen LogP contribution is 2.33. The minimum Gasteiger partial charge on any atom is -0.493 e. The first kappa shape index (κ1) is 18.2. The second kappa shape index (κ2) is 7.72. The molecule has 0 heterocycles. The zero-order chi connectivity index (χ0) is 18.7. The van der Waals surface area contributed by atoms with E-state index in [0.717, 1.165) is 18.9 Å². The lowest BCUT2D eigenvalue weighted by molar-refractivity contribution is 0.0727. The van der Waals surface area contributed by atoms with Crippen LogP contribution in [-0.4, -0.2) is 30.6 Å². The monoisotopic (exact) mass is 361 g/mol. The minimum atomic E-state index is -0.645. The average molecular weight is 361 g/mol. The minimum absolute atomic E-state index is 0.0737. The van der Waals surface area contributed by atoms with Gasteiger partial charge in [-0.2, -0.15) is 0 Å². The van der Waals surface area contributed by atoms with E-state index >= 15 is 0 Å². The lowest BCUT2D eigenvalue weighted by Gasteiger charge is -2.23. The van der Waals surface area contributed by atoms with Crippen molar-refractivity contribution in [1.29, 1.82) is 0 Å². The fraction of sp³-hybridized carbons (Fsp3) is 0.350. The molecule has 1 saturated carbocycles. The highest BCUT2D eigenvalue weighted by molar-refractivity contribution is 5.95. The van der Waals surface area contributed by atoms with Crippen LogP contribution in [0.1, 0.15) is 35.7 Å². The second-order valence-electron chi connectivity index (χ2n) is 6.20. The predicted molar refractivity (Wildman–Crippen MR) is 93.4 cm³/mol. The summed E-state index contributed by atoms with van der Waals surface area (Å²) >= 11 is 0. The maximum Gasteiger partial charge on any atom is 0.254 e. The smallest absolute Gasteiger partial charge is 0.254 e. The zero-order valence-electron chi connectivity index (χ0n) is 14.8. The average Bonchev–Trinajstić information content (AvgIpc) is 3.46. The number of benzene rings is 2. The fourth-order valence-corrected chi connectivity index (χ4v) is 2.83. The van der Waals surface area contributed by atoms with Gasteiger partial charge in [-0.05, 0) is 44.0 Å². The predicted octanol–water partition coefficient (Wildman–Crippen LogP) is 4.18. The molecule has 2 aromatic carbocycles. The quantitative estimate of drug-likeness (QED) is 0.743. The summed E-state index contributed by atoms with van der Waals surface area (Å²) in [6.45, 7) is 2.40. The van der Waals surface area contributed by atoms with Gasteiger partial charge in [0.1, 0.15) is 11.6 Å². The van der Waals surface area contributed by atoms with E-state index < -0.39 is 11.6 Å². The van der Waals surface area contributed by atoms with Crippen molar-refractivity contribution < 1.29 is 23.0 Å². The van der Waals surface area contributed by atoms with Crippen LogP contribution in [0.15, 0.2) is 36.4 Å². The van der Waals surface area contributed by atoms with E-state index in [1.54, 1.807) is 23.1 Å². The van der Waals surface area contributed by atoms with Crippen molar-refractivity contribution in [2.45, 2.75) is 32.4 Å². The molecule has 2 aromatic rings. The van der Waals surface area contributed by atoms with Gasteiger partial charge in [-0.15, -0.1) is 0 Å². The number of carbonyl (C=O) groups is 1. The number of rotatable bonds is 7. The summed E-state index contributed by atoms with van der Waals surface area (Å²) in [6.07, 6.45) is 1.76. The third kappa shape index (κ3) is 3.95.